The lowest BCUT2D eigenvalue weighted by molar-refractivity contribution is -0.137. The molecule has 1 aromatic heterocycles. The lowest BCUT2D eigenvalue weighted by atomic mass is 10.2. The van der Waals surface area contributed by atoms with E-state index in [9.17, 15) is 14.7 Å². The van der Waals surface area contributed by atoms with Crippen molar-refractivity contribution in [3.8, 4) is 11.3 Å². The third-order valence-corrected chi connectivity index (χ3v) is 4.79. The number of carboxylic acid groups (broad SMARTS) is 1. The minimum atomic E-state index is -0.892. The van der Waals surface area contributed by atoms with Crippen LogP contribution in [-0.2, 0) is 29.1 Å². The molecular formula is C24H27N3O4. The smallest absolute Gasteiger partial charge is 0.407 e. The summed E-state index contributed by atoms with van der Waals surface area (Å²) in [5.41, 5.74) is 2.69. The zero-order chi connectivity index (χ0) is 21.9. The number of carbonyl (C=O) groups is 2. The number of imidazole rings is 1. The summed E-state index contributed by atoms with van der Waals surface area (Å²) < 4.78 is 6.88. The summed E-state index contributed by atoms with van der Waals surface area (Å²) in [5, 5.41) is 11.9. The van der Waals surface area contributed by atoms with E-state index in [1.165, 1.54) is 0 Å². The summed E-state index contributed by atoms with van der Waals surface area (Å²) in [6, 6.07) is 19.3. The number of rotatable bonds is 11. The van der Waals surface area contributed by atoms with E-state index >= 15 is 0 Å². The van der Waals surface area contributed by atoms with Crippen molar-refractivity contribution in [3.63, 3.8) is 0 Å². The first kappa shape index (κ1) is 22.1. The van der Waals surface area contributed by atoms with E-state index in [1.807, 2.05) is 60.7 Å². The predicted octanol–water partition coefficient (Wildman–Crippen LogP) is 4.27. The average molecular weight is 421 g/mol. The first-order chi connectivity index (χ1) is 15.1. The van der Waals surface area contributed by atoms with Gasteiger partial charge >= 0.3 is 12.1 Å². The zero-order valence-electron chi connectivity index (χ0n) is 17.4. The van der Waals surface area contributed by atoms with Crippen LogP contribution in [0.15, 0.2) is 66.9 Å². The fraction of sp³-hybridized carbons (Fsp3) is 0.292. The van der Waals surface area contributed by atoms with Crippen LogP contribution in [0, 0.1) is 0 Å². The molecule has 1 heterocycles. The molecule has 0 aliphatic carbocycles. The molecule has 0 bridgehead atoms. The maximum atomic E-state index is 11.8. The second-order valence-electron chi connectivity index (χ2n) is 7.23. The molecule has 7 nitrogen and oxygen atoms in total. The normalized spacial score (nSPS) is 10.6. The highest BCUT2D eigenvalue weighted by Gasteiger charge is 2.12. The Bertz CT molecular complexity index is 971. The van der Waals surface area contributed by atoms with E-state index < -0.39 is 12.1 Å². The van der Waals surface area contributed by atoms with Crippen molar-refractivity contribution in [1.82, 2.24) is 14.9 Å². The van der Waals surface area contributed by atoms with Gasteiger partial charge in [-0.2, -0.15) is 0 Å². The molecule has 31 heavy (non-hydrogen) atoms. The van der Waals surface area contributed by atoms with Crippen LogP contribution in [0.1, 0.15) is 30.7 Å². The van der Waals surface area contributed by atoms with Crippen molar-refractivity contribution in [1.29, 1.82) is 0 Å². The van der Waals surface area contributed by atoms with Crippen LogP contribution in [0.4, 0.5) is 4.79 Å². The number of aliphatic carboxylic acids is 1. The number of benzene rings is 2. The molecule has 1 amide bonds. The highest BCUT2D eigenvalue weighted by atomic mass is 16.5. The Morgan fingerprint density at radius 1 is 0.968 bits per heavy atom. The third-order valence-electron chi connectivity index (χ3n) is 4.79. The molecule has 0 aliphatic rings. The van der Waals surface area contributed by atoms with Crippen LogP contribution in [0.3, 0.4) is 0 Å². The van der Waals surface area contributed by atoms with E-state index in [0.717, 1.165) is 41.9 Å². The van der Waals surface area contributed by atoms with Gasteiger partial charge in [-0.1, -0.05) is 67.1 Å². The molecule has 7 heteroatoms. The molecule has 3 rings (SSSR count). The van der Waals surface area contributed by atoms with Crippen molar-refractivity contribution in [2.24, 2.45) is 0 Å². The lowest BCUT2D eigenvalue weighted by Crippen LogP contribution is -2.25. The van der Waals surface area contributed by atoms with Gasteiger partial charge in [0.2, 0.25) is 0 Å². The van der Waals surface area contributed by atoms with E-state index in [4.69, 9.17) is 4.74 Å². The Balaban J connectivity index is 1.40. The second kappa shape index (κ2) is 11.5. The molecule has 0 spiro atoms. The number of carbonyl (C=O) groups excluding carboxylic acids is 1. The van der Waals surface area contributed by atoms with Gasteiger partial charge in [0, 0.05) is 24.7 Å². The van der Waals surface area contributed by atoms with Crippen LogP contribution in [0.5, 0.6) is 0 Å². The quantitative estimate of drug-likeness (QED) is 0.451. The summed E-state index contributed by atoms with van der Waals surface area (Å²) in [6.45, 7) is 0.680. The number of ether oxygens (including phenoxy) is 1. The van der Waals surface area contributed by atoms with E-state index in [0.29, 0.717) is 13.0 Å². The molecule has 0 radical (unpaired) electrons. The van der Waals surface area contributed by atoms with Gasteiger partial charge in [0.05, 0.1) is 5.69 Å². The van der Waals surface area contributed by atoms with Gasteiger partial charge in [0.1, 0.15) is 19.0 Å². The Morgan fingerprint density at radius 2 is 1.68 bits per heavy atom. The van der Waals surface area contributed by atoms with Gasteiger partial charge < -0.3 is 19.7 Å². The number of carboxylic acids is 1. The number of nitrogens with zero attached hydrogens (tertiary/aromatic N) is 2. The topological polar surface area (TPSA) is 93.5 Å². The van der Waals surface area contributed by atoms with Crippen LogP contribution in [0.25, 0.3) is 11.3 Å². The van der Waals surface area contributed by atoms with Gasteiger partial charge in [-0.15, -0.1) is 0 Å². The van der Waals surface area contributed by atoms with Crippen LogP contribution in [0.2, 0.25) is 0 Å². The molecule has 0 atom stereocenters. The van der Waals surface area contributed by atoms with Crippen LogP contribution in [-0.4, -0.2) is 33.3 Å². The van der Waals surface area contributed by atoms with Gasteiger partial charge in [-0.25, -0.2) is 9.78 Å². The Kier molecular flexibility index (Phi) is 8.22. The highest BCUT2D eigenvalue weighted by molar-refractivity contribution is 5.67. The summed E-state index contributed by atoms with van der Waals surface area (Å²) in [6.07, 6.45) is 4.60. The highest BCUT2D eigenvalue weighted by Crippen LogP contribution is 2.19. The molecular weight excluding hydrogens is 394 g/mol. The standard InChI is InChI=1S/C24H27N3O4/c28-23(29)17-27-16-21(20-12-6-2-7-13-20)26-22(27)14-8-3-9-15-25-24(30)31-18-19-10-4-1-5-11-19/h1-2,4-7,10-13,16H,3,8-9,14-15,17-18H2,(H,25,30)(H,28,29). The molecule has 162 valence electrons. The lowest BCUT2D eigenvalue weighted by Gasteiger charge is -2.07. The van der Waals surface area contributed by atoms with Gasteiger partial charge in [-0.3, -0.25) is 4.79 Å². The molecule has 2 aromatic carbocycles. The molecule has 0 saturated heterocycles. The van der Waals surface area contributed by atoms with Crippen LogP contribution >= 0.6 is 0 Å². The first-order valence-electron chi connectivity index (χ1n) is 10.4. The fourth-order valence-corrected chi connectivity index (χ4v) is 3.23. The van der Waals surface area contributed by atoms with Crippen molar-refractivity contribution < 1.29 is 19.4 Å². The SMILES string of the molecule is O=C(O)Cn1cc(-c2ccccc2)nc1CCCCCNC(=O)OCc1ccccc1. The monoisotopic (exact) mass is 421 g/mol. The molecule has 2 N–H and O–H groups in total. The number of aryl methyl sites for hydroxylation is 1. The number of nitrogens with one attached hydrogen (secondary N) is 1. The first-order valence-corrected chi connectivity index (χ1v) is 10.4. The number of hydrogen-bond acceptors (Lipinski definition) is 4. The number of hydrogen-bond donors (Lipinski definition) is 2. The molecule has 0 unspecified atom stereocenters. The number of amides is 1. The number of aromatic nitrogens is 2. The van der Waals surface area contributed by atoms with Crippen LogP contribution < -0.4 is 5.32 Å². The van der Waals surface area contributed by atoms with Gasteiger partial charge in [0.15, 0.2) is 0 Å². The molecule has 0 fully saturated rings. The van der Waals surface area contributed by atoms with E-state index in [-0.39, 0.29) is 13.2 Å². The van der Waals surface area contributed by atoms with Crippen molar-refractivity contribution in [3.05, 3.63) is 78.2 Å². The molecule has 0 aliphatic heterocycles. The van der Waals surface area contributed by atoms with Gasteiger partial charge in [-0.05, 0) is 18.4 Å². The van der Waals surface area contributed by atoms with E-state index in [2.05, 4.69) is 10.3 Å². The predicted molar refractivity (Wildman–Crippen MR) is 117 cm³/mol. The second-order valence-corrected chi connectivity index (χ2v) is 7.23. The van der Waals surface area contributed by atoms with Crippen molar-refractivity contribution >= 4 is 12.1 Å². The fourth-order valence-electron chi connectivity index (χ4n) is 3.23. The van der Waals surface area contributed by atoms with Crippen molar-refractivity contribution in [2.45, 2.75) is 38.8 Å². The third kappa shape index (κ3) is 7.29. The number of alkyl carbamates (subject to hydrolysis) is 1. The minimum Gasteiger partial charge on any atom is -0.480 e. The minimum absolute atomic E-state index is 0.107. The summed E-state index contributed by atoms with van der Waals surface area (Å²) in [4.78, 5) is 27.6. The van der Waals surface area contributed by atoms with Crippen molar-refractivity contribution in [2.75, 3.05) is 6.54 Å². The molecule has 0 saturated carbocycles. The Labute approximate surface area is 181 Å². The Morgan fingerprint density at radius 3 is 2.39 bits per heavy atom. The largest absolute Gasteiger partial charge is 0.480 e. The average Bonchev–Trinajstić information content (AvgIpc) is 3.18. The summed E-state index contributed by atoms with van der Waals surface area (Å²) in [5.74, 6) is -0.132. The van der Waals surface area contributed by atoms with Gasteiger partial charge in [0.25, 0.3) is 0 Å². The zero-order valence-corrected chi connectivity index (χ0v) is 17.4. The maximum Gasteiger partial charge on any atom is 0.407 e. The summed E-state index contributed by atoms with van der Waals surface area (Å²) >= 11 is 0. The molecule has 3 aromatic rings. The van der Waals surface area contributed by atoms with E-state index in [1.54, 1.807) is 10.8 Å². The summed E-state index contributed by atoms with van der Waals surface area (Å²) in [7, 11) is 0. The Hall–Kier alpha value is -3.61. The number of unbranched alkanes of at least 4 members (excludes halogenated alkanes) is 2. The maximum absolute atomic E-state index is 11.8.